The molecule has 0 bridgehead atoms. The van der Waals surface area contributed by atoms with E-state index >= 15 is 0 Å². The summed E-state index contributed by atoms with van der Waals surface area (Å²) in [6, 6.07) is 0. The van der Waals surface area contributed by atoms with Crippen molar-refractivity contribution in [3.63, 3.8) is 0 Å². The van der Waals surface area contributed by atoms with Gasteiger partial charge in [0.15, 0.2) is 8.32 Å². The van der Waals surface area contributed by atoms with Crippen molar-refractivity contribution >= 4 is 8.32 Å². The van der Waals surface area contributed by atoms with Gasteiger partial charge < -0.3 is 4.43 Å². The van der Waals surface area contributed by atoms with Gasteiger partial charge in [-0.15, -0.1) is 0 Å². The van der Waals surface area contributed by atoms with Gasteiger partial charge in [-0.25, -0.2) is 0 Å². The second kappa shape index (κ2) is 9.18. The molecule has 184 valence electrons. The summed E-state index contributed by atoms with van der Waals surface area (Å²) >= 11 is 0. The van der Waals surface area contributed by atoms with Gasteiger partial charge in [0.25, 0.3) is 0 Å². The predicted molar refractivity (Wildman–Crippen MR) is 141 cm³/mol. The first kappa shape index (κ1) is 25.0. The maximum atomic E-state index is 6.54. The number of fused-ring (bicyclic) bond motifs is 5. The largest absolute Gasteiger partial charge is 0.411 e. The third-order valence-electron chi connectivity index (χ3n) is 10.8. The monoisotopic (exact) mass is 458 g/mol. The second-order valence-corrected chi connectivity index (χ2v) is 18.8. The van der Waals surface area contributed by atoms with Crippen molar-refractivity contribution < 1.29 is 4.43 Å². The molecule has 0 amide bonds. The van der Waals surface area contributed by atoms with E-state index in [0.29, 0.717) is 16.9 Å². The maximum absolute atomic E-state index is 6.54. The van der Waals surface area contributed by atoms with E-state index in [4.69, 9.17) is 4.43 Å². The van der Waals surface area contributed by atoms with Crippen molar-refractivity contribution in [2.24, 2.45) is 46.3 Å². The maximum Gasteiger partial charge on any atom is 0.184 e. The zero-order valence-electron chi connectivity index (χ0n) is 22.8. The fraction of sp³-hybridized carbons (Fsp3) is 0.933. The van der Waals surface area contributed by atoms with Gasteiger partial charge in [-0.05, 0) is 117 Å². The van der Waals surface area contributed by atoms with E-state index in [0.717, 1.165) is 35.5 Å². The lowest BCUT2D eigenvalue weighted by Crippen LogP contribution is -2.51. The van der Waals surface area contributed by atoms with Crippen LogP contribution in [0.5, 0.6) is 0 Å². The van der Waals surface area contributed by atoms with Crippen molar-refractivity contribution in [2.45, 2.75) is 131 Å². The van der Waals surface area contributed by atoms with Crippen molar-refractivity contribution in [1.29, 1.82) is 0 Å². The van der Waals surface area contributed by atoms with Crippen molar-refractivity contribution in [3.8, 4) is 0 Å². The van der Waals surface area contributed by atoms with E-state index in [1.54, 1.807) is 5.57 Å². The standard InChI is InChI=1S/C30H54OSi/c1-21(2)10-9-11-22(3)26-14-15-27-25-13-12-23-20-24(31-32(6,7)8)16-18-29(23,4)28(25)17-19-30(26,27)5/h20-22,24-28H,9-19H2,1-8H3. The molecule has 32 heavy (non-hydrogen) atoms. The Morgan fingerprint density at radius 1 is 0.938 bits per heavy atom. The summed E-state index contributed by atoms with van der Waals surface area (Å²) < 4.78 is 6.54. The van der Waals surface area contributed by atoms with Gasteiger partial charge in [-0.2, -0.15) is 0 Å². The van der Waals surface area contributed by atoms with Crippen molar-refractivity contribution in [3.05, 3.63) is 11.6 Å². The summed E-state index contributed by atoms with van der Waals surface area (Å²) in [5.74, 6) is 5.67. The molecule has 1 nitrogen and oxygen atoms in total. The lowest BCUT2D eigenvalue weighted by Gasteiger charge is -2.59. The minimum atomic E-state index is -1.47. The van der Waals surface area contributed by atoms with E-state index < -0.39 is 8.32 Å². The number of hydrogen-bond donors (Lipinski definition) is 0. The molecule has 0 heterocycles. The van der Waals surface area contributed by atoms with Gasteiger partial charge in [-0.1, -0.05) is 65.5 Å². The van der Waals surface area contributed by atoms with Crippen LogP contribution in [0.3, 0.4) is 0 Å². The van der Waals surface area contributed by atoms with Crippen LogP contribution in [0.25, 0.3) is 0 Å². The van der Waals surface area contributed by atoms with Crippen molar-refractivity contribution in [1.82, 2.24) is 0 Å². The van der Waals surface area contributed by atoms with Crippen LogP contribution < -0.4 is 0 Å². The van der Waals surface area contributed by atoms with Crippen LogP contribution in [0.1, 0.15) is 105 Å². The topological polar surface area (TPSA) is 9.23 Å². The molecular formula is C30H54OSi. The Hall–Kier alpha value is -0.0831. The third kappa shape index (κ3) is 4.71. The van der Waals surface area contributed by atoms with Crippen molar-refractivity contribution in [2.75, 3.05) is 0 Å². The SMILES string of the molecule is CC(C)CCCC(C)C1CCC2C3CCC4=CC(O[Si](C)(C)C)CCC4(C)C3CCC12C. The molecule has 0 saturated heterocycles. The number of hydrogen-bond acceptors (Lipinski definition) is 1. The molecule has 0 N–H and O–H groups in total. The molecule has 3 saturated carbocycles. The molecule has 3 fully saturated rings. The van der Waals surface area contributed by atoms with Crippen LogP contribution in [0.4, 0.5) is 0 Å². The third-order valence-corrected chi connectivity index (χ3v) is 11.8. The molecule has 0 aromatic carbocycles. The molecule has 0 aromatic rings. The summed E-state index contributed by atoms with van der Waals surface area (Å²) in [4.78, 5) is 0. The molecule has 8 unspecified atom stereocenters. The highest BCUT2D eigenvalue weighted by Crippen LogP contribution is 2.67. The Bertz CT molecular complexity index is 689. The summed E-state index contributed by atoms with van der Waals surface area (Å²) in [7, 11) is -1.47. The van der Waals surface area contributed by atoms with Gasteiger partial charge in [0.05, 0.1) is 6.10 Å². The fourth-order valence-corrected chi connectivity index (χ4v) is 10.4. The summed E-state index contributed by atoms with van der Waals surface area (Å²) in [6.45, 7) is 19.8. The summed E-state index contributed by atoms with van der Waals surface area (Å²) in [5, 5.41) is 0. The normalized spacial score (nSPS) is 42.8. The highest BCUT2D eigenvalue weighted by molar-refractivity contribution is 6.69. The smallest absolute Gasteiger partial charge is 0.184 e. The van der Waals surface area contributed by atoms with E-state index in [1.807, 2.05) is 0 Å². The van der Waals surface area contributed by atoms with E-state index in [-0.39, 0.29) is 0 Å². The first-order valence-electron chi connectivity index (χ1n) is 14.3. The first-order valence-corrected chi connectivity index (χ1v) is 17.7. The van der Waals surface area contributed by atoms with E-state index in [1.165, 1.54) is 70.6 Å². The molecule has 0 aliphatic heterocycles. The summed E-state index contributed by atoms with van der Waals surface area (Å²) in [6.07, 6.45) is 18.8. The number of rotatable bonds is 7. The lowest BCUT2D eigenvalue weighted by molar-refractivity contribution is -0.0622. The molecule has 4 rings (SSSR count). The van der Waals surface area contributed by atoms with Crippen LogP contribution in [-0.2, 0) is 4.43 Å². The summed E-state index contributed by atoms with van der Waals surface area (Å²) in [5.41, 5.74) is 2.87. The highest BCUT2D eigenvalue weighted by Gasteiger charge is 2.59. The average molecular weight is 459 g/mol. The molecule has 0 aromatic heterocycles. The van der Waals surface area contributed by atoms with Crippen LogP contribution >= 0.6 is 0 Å². The zero-order chi connectivity index (χ0) is 23.3. The average Bonchev–Trinajstić information content (AvgIpc) is 3.04. The van der Waals surface area contributed by atoms with Gasteiger partial charge in [-0.3, -0.25) is 0 Å². The minimum Gasteiger partial charge on any atom is -0.411 e. The molecule has 2 heteroatoms. The van der Waals surface area contributed by atoms with Crippen LogP contribution in [0.2, 0.25) is 19.6 Å². The van der Waals surface area contributed by atoms with E-state index in [2.05, 4.69) is 60.3 Å². The Labute approximate surface area is 201 Å². The lowest BCUT2D eigenvalue weighted by atomic mass is 9.46. The van der Waals surface area contributed by atoms with Gasteiger partial charge in [0.1, 0.15) is 0 Å². The quantitative estimate of drug-likeness (QED) is 0.273. The molecule has 0 radical (unpaired) electrons. The van der Waals surface area contributed by atoms with Gasteiger partial charge in [0, 0.05) is 0 Å². The van der Waals surface area contributed by atoms with Crippen LogP contribution in [-0.4, -0.2) is 14.4 Å². The van der Waals surface area contributed by atoms with Crippen LogP contribution in [0.15, 0.2) is 11.6 Å². The predicted octanol–water partition coefficient (Wildman–Crippen LogP) is 9.25. The highest BCUT2D eigenvalue weighted by atomic mass is 28.4. The molecule has 4 aliphatic carbocycles. The molecular weight excluding hydrogens is 404 g/mol. The zero-order valence-corrected chi connectivity index (χ0v) is 23.8. The van der Waals surface area contributed by atoms with E-state index in [9.17, 15) is 0 Å². The first-order chi connectivity index (χ1) is 14.9. The number of allylic oxidation sites excluding steroid dienone is 1. The second-order valence-electron chi connectivity index (χ2n) is 14.4. The molecule has 0 spiro atoms. The minimum absolute atomic E-state index is 0.401. The fourth-order valence-electron chi connectivity index (χ4n) is 9.27. The molecule has 4 aliphatic rings. The molecule has 8 atom stereocenters. The Morgan fingerprint density at radius 2 is 1.69 bits per heavy atom. The van der Waals surface area contributed by atoms with Crippen LogP contribution in [0, 0.1) is 46.3 Å². The van der Waals surface area contributed by atoms with Gasteiger partial charge >= 0.3 is 0 Å². The Balaban J connectivity index is 1.46. The Kier molecular flexibility index (Phi) is 7.17. The Morgan fingerprint density at radius 3 is 2.38 bits per heavy atom. The van der Waals surface area contributed by atoms with Gasteiger partial charge in [0.2, 0.25) is 0 Å².